The number of hydrogen-bond acceptors (Lipinski definition) is 0. The van der Waals surface area contributed by atoms with Gasteiger partial charge in [-0.05, 0) is 48.6 Å². The molecule has 0 saturated carbocycles. The summed E-state index contributed by atoms with van der Waals surface area (Å²) in [5.41, 5.74) is 1.07. The van der Waals surface area contributed by atoms with E-state index in [0.717, 1.165) is 18.3 Å². The monoisotopic (exact) mass is 388 g/mol. The van der Waals surface area contributed by atoms with Crippen LogP contribution in [-0.4, -0.2) is 10.7 Å². The Morgan fingerprint density at radius 3 is 2.04 bits per heavy atom. The lowest BCUT2D eigenvalue weighted by molar-refractivity contribution is -0.692. The molecule has 0 atom stereocenters. The summed E-state index contributed by atoms with van der Waals surface area (Å²) < 4.78 is 17.2. The van der Waals surface area contributed by atoms with Crippen LogP contribution in [0.4, 0.5) is 4.39 Å². The second kappa shape index (κ2) is 8.95. The minimum Gasteiger partial charge on any atom is -0.351 e. The summed E-state index contributed by atoms with van der Waals surface area (Å²) in [6.07, 6.45) is 8.53. The quantitative estimate of drug-likeness (QED) is 0.258. The topological polar surface area (TPSA) is 8.81 Å². The molecule has 140 valence electrons. The molecule has 4 heteroatoms. The molecule has 4 aromatic rings. The zero-order valence-corrected chi connectivity index (χ0v) is 16.5. The van der Waals surface area contributed by atoms with Crippen molar-refractivity contribution in [2.24, 2.45) is 0 Å². The van der Waals surface area contributed by atoms with E-state index in [-0.39, 0.29) is 5.82 Å². The minimum absolute atomic E-state index is 0.203. The van der Waals surface area contributed by atoms with Crippen LogP contribution in [0.2, 0.25) is 0 Å². The number of imidazole rings is 1. The summed E-state index contributed by atoms with van der Waals surface area (Å²) in [5, 5.41) is 2.80. The van der Waals surface area contributed by atoms with Crippen LogP contribution in [0.3, 0.4) is 0 Å². The van der Waals surface area contributed by atoms with Gasteiger partial charge in [0.15, 0.2) is 0 Å². The molecule has 0 unspecified atom stereocenters. The molecule has 0 aliphatic rings. The van der Waals surface area contributed by atoms with Crippen LogP contribution >= 0.6 is 7.92 Å². The van der Waals surface area contributed by atoms with Gasteiger partial charge < -0.3 is 9.13 Å². The van der Waals surface area contributed by atoms with Crippen LogP contribution in [0.25, 0.3) is 0 Å². The second-order valence-electron chi connectivity index (χ2n) is 6.67. The number of benzene rings is 3. The first-order valence-corrected chi connectivity index (χ1v) is 10.9. The van der Waals surface area contributed by atoms with Crippen molar-refractivity contribution < 1.29 is 8.96 Å². The average molecular weight is 388 g/mol. The third kappa shape index (κ3) is 4.74. The molecular formula is C24H22FN2P. The highest BCUT2D eigenvalue weighted by molar-refractivity contribution is 7.73. The summed E-state index contributed by atoms with van der Waals surface area (Å²) >= 11 is 0. The van der Waals surface area contributed by atoms with Gasteiger partial charge in [-0.25, -0.2) is 4.39 Å². The average Bonchev–Trinajstić information content (AvgIpc) is 3.19. The summed E-state index contributed by atoms with van der Waals surface area (Å²) in [7, 11) is -0.409. The molecule has 0 saturated heterocycles. The number of rotatable bonds is 7. The zero-order chi connectivity index (χ0) is 19.2. The van der Waals surface area contributed by atoms with Crippen molar-refractivity contribution in [2.45, 2.75) is 13.1 Å². The highest BCUT2D eigenvalue weighted by Crippen LogP contribution is 2.33. The third-order valence-corrected chi connectivity index (χ3v) is 7.14. The molecule has 0 radical (unpaired) electrons. The summed E-state index contributed by atoms with van der Waals surface area (Å²) in [5.74, 6) is -0.203. The largest absolute Gasteiger partial charge is 0.351 e. The number of aryl methyl sites for hydroxylation is 1. The fourth-order valence-electron chi connectivity index (χ4n) is 3.22. The zero-order valence-electron chi connectivity index (χ0n) is 15.6. The molecule has 1 heterocycles. The van der Waals surface area contributed by atoms with E-state index in [1.807, 2.05) is 22.9 Å². The Labute approximate surface area is 166 Å². The Morgan fingerprint density at radius 1 is 0.821 bits per heavy atom. The first kappa shape index (κ1) is 18.6. The lowest BCUT2D eigenvalue weighted by Gasteiger charge is -2.18. The molecule has 0 amide bonds. The van der Waals surface area contributed by atoms with Gasteiger partial charge in [-0.1, -0.05) is 72.8 Å². The van der Waals surface area contributed by atoms with Gasteiger partial charge in [-0.3, -0.25) is 0 Å². The van der Waals surface area contributed by atoms with Gasteiger partial charge in [0.05, 0.1) is 13.1 Å². The van der Waals surface area contributed by atoms with Crippen LogP contribution < -0.4 is 15.2 Å². The normalized spacial score (nSPS) is 11.1. The van der Waals surface area contributed by atoms with Crippen LogP contribution in [0.5, 0.6) is 0 Å². The first-order chi connectivity index (χ1) is 13.8. The molecule has 2 nitrogen and oxygen atoms in total. The summed E-state index contributed by atoms with van der Waals surface area (Å²) in [6, 6.07) is 28.2. The van der Waals surface area contributed by atoms with E-state index in [9.17, 15) is 4.39 Å². The Morgan fingerprint density at radius 2 is 1.43 bits per heavy atom. The van der Waals surface area contributed by atoms with Gasteiger partial charge in [0, 0.05) is 6.16 Å². The molecule has 1 aromatic heterocycles. The van der Waals surface area contributed by atoms with Crippen molar-refractivity contribution in [3.63, 3.8) is 0 Å². The van der Waals surface area contributed by atoms with Gasteiger partial charge >= 0.3 is 0 Å². The van der Waals surface area contributed by atoms with E-state index in [4.69, 9.17) is 0 Å². The van der Waals surface area contributed by atoms with Gasteiger partial charge in [0.25, 0.3) is 0 Å². The Hall–Kier alpha value is -2.77. The molecule has 3 aromatic carbocycles. The summed E-state index contributed by atoms with van der Waals surface area (Å²) in [6.45, 7) is 1.60. The van der Waals surface area contributed by atoms with E-state index >= 15 is 0 Å². The van der Waals surface area contributed by atoms with E-state index < -0.39 is 7.92 Å². The van der Waals surface area contributed by atoms with Crippen LogP contribution in [0, 0.1) is 12.1 Å². The fourth-order valence-corrected chi connectivity index (χ4v) is 5.52. The number of aromatic nitrogens is 2. The van der Waals surface area contributed by atoms with Gasteiger partial charge in [0.1, 0.15) is 5.82 Å². The third-order valence-electron chi connectivity index (χ3n) is 4.65. The van der Waals surface area contributed by atoms with Crippen LogP contribution in [-0.2, 0) is 13.1 Å². The van der Waals surface area contributed by atoms with Crippen molar-refractivity contribution in [1.29, 1.82) is 0 Å². The second-order valence-corrected chi connectivity index (χ2v) is 9.00. The van der Waals surface area contributed by atoms with Crippen LogP contribution in [0.1, 0.15) is 5.56 Å². The van der Waals surface area contributed by atoms with E-state index in [1.54, 1.807) is 0 Å². The van der Waals surface area contributed by atoms with Crippen molar-refractivity contribution in [3.05, 3.63) is 115 Å². The standard InChI is InChI=1S/C24H22FN2P/c25-22-13-11-21(12-14-22)19-27-16-15-26(20-27)17-18-28(23-7-3-1-4-8-23)24-9-5-2-6-10-24/h1-16H,17-19H2. The van der Waals surface area contributed by atoms with Crippen LogP contribution in [0.15, 0.2) is 97.3 Å². The first-order valence-electron chi connectivity index (χ1n) is 9.38. The minimum atomic E-state index is -0.409. The van der Waals surface area contributed by atoms with Gasteiger partial charge in [-0.2, -0.15) is 0 Å². The molecule has 0 bridgehead atoms. The lowest BCUT2D eigenvalue weighted by Crippen LogP contribution is -2.32. The predicted octanol–water partition coefficient (Wildman–Crippen LogP) is 3.90. The predicted molar refractivity (Wildman–Crippen MR) is 113 cm³/mol. The van der Waals surface area contributed by atoms with Crippen molar-refractivity contribution >= 4 is 18.5 Å². The van der Waals surface area contributed by atoms with Gasteiger partial charge in [0.2, 0.25) is 6.33 Å². The molecule has 0 N–H and O–H groups in total. The van der Waals surface area contributed by atoms with E-state index in [1.165, 1.54) is 22.7 Å². The van der Waals surface area contributed by atoms with Gasteiger partial charge in [-0.15, -0.1) is 0 Å². The number of halogens is 1. The smallest absolute Gasteiger partial charge is 0.204 e. The number of nitrogens with zero attached hydrogens (tertiary/aromatic N) is 2. The van der Waals surface area contributed by atoms with Crippen molar-refractivity contribution in [1.82, 2.24) is 4.57 Å². The molecule has 0 spiro atoms. The maximum Gasteiger partial charge on any atom is 0.204 e. The Balaban J connectivity index is 1.46. The Bertz CT molecular complexity index is 958. The maximum atomic E-state index is 13.1. The van der Waals surface area contributed by atoms with E-state index in [2.05, 4.69) is 77.8 Å². The Kier molecular flexibility index (Phi) is 5.94. The molecule has 28 heavy (non-hydrogen) atoms. The van der Waals surface area contributed by atoms with Crippen molar-refractivity contribution in [2.75, 3.05) is 6.16 Å². The molecule has 0 fully saturated rings. The lowest BCUT2D eigenvalue weighted by atomic mass is 10.2. The molecule has 4 rings (SSSR count). The molecule has 0 aliphatic carbocycles. The highest BCUT2D eigenvalue weighted by atomic mass is 31.1. The summed E-state index contributed by atoms with van der Waals surface area (Å²) in [4.78, 5) is 0. The van der Waals surface area contributed by atoms with Crippen molar-refractivity contribution in [3.8, 4) is 0 Å². The SMILES string of the molecule is Fc1ccc(C[n+]2[c-]n(CCP(c3ccccc3)c3ccccc3)cc2)cc1. The van der Waals surface area contributed by atoms with E-state index in [0.29, 0.717) is 6.54 Å². The molecular weight excluding hydrogens is 366 g/mol. The fraction of sp³-hybridized carbons (Fsp3) is 0.125. The maximum absolute atomic E-state index is 13.1. The molecule has 0 aliphatic heterocycles. The highest BCUT2D eigenvalue weighted by Gasteiger charge is 2.14. The number of hydrogen-bond donors (Lipinski definition) is 0.